The van der Waals surface area contributed by atoms with E-state index in [9.17, 15) is 0 Å². The van der Waals surface area contributed by atoms with Gasteiger partial charge in [0.05, 0.1) is 12.0 Å². The number of halogens is 1. The van der Waals surface area contributed by atoms with Gasteiger partial charge in [0.25, 0.3) is 0 Å². The lowest BCUT2D eigenvalue weighted by Gasteiger charge is -2.11. The third-order valence-electron chi connectivity index (χ3n) is 2.51. The van der Waals surface area contributed by atoms with Crippen LogP contribution in [0.5, 0.6) is 11.5 Å². The fraction of sp³-hybridized carbons (Fsp3) is 0.231. The third-order valence-corrected chi connectivity index (χ3v) is 4.41. The molecule has 0 amide bonds. The SMILES string of the molecule is COc1ccc(CN)cc1OCc1sccc1Br. The van der Waals surface area contributed by atoms with E-state index in [4.69, 9.17) is 15.2 Å². The Bertz CT molecular complexity index is 527. The average Bonchev–Trinajstić information content (AvgIpc) is 2.81. The van der Waals surface area contributed by atoms with E-state index in [-0.39, 0.29) is 0 Å². The summed E-state index contributed by atoms with van der Waals surface area (Å²) >= 11 is 5.14. The highest BCUT2D eigenvalue weighted by Gasteiger charge is 2.07. The Morgan fingerprint density at radius 3 is 2.72 bits per heavy atom. The van der Waals surface area contributed by atoms with E-state index in [0.717, 1.165) is 26.4 Å². The summed E-state index contributed by atoms with van der Waals surface area (Å²) in [5, 5.41) is 2.02. The minimum atomic E-state index is 0.489. The van der Waals surface area contributed by atoms with Crippen LogP contribution in [0.1, 0.15) is 10.4 Å². The molecule has 3 nitrogen and oxygen atoms in total. The van der Waals surface area contributed by atoms with E-state index in [1.165, 1.54) is 0 Å². The highest BCUT2D eigenvalue weighted by Crippen LogP contribution is 2.30. The zero-order valence-corrected chi connectivity index (χ0v) is 12.4. The quantitative estimate of drug-likeness (QED) is 0.913. The van der Waals surface area contributed by atoms with E-state index >= 15 is 0 Å². The van der Waals surface area contributed by atoms with Gasteiger partial charge in [0, 0.05) is 11.0 Å². The maximum absolute atomic E-state index is 5.80. The lowest BCUT2D eigenvalue weighted by molar-refractivity contribution is 0.286. The number of thiophene rings is 1. The maximum atomic E-state index is 5.80. The van der Waals surface area contributed by atoms with Crippen LogP contribution in [-0.4, -0.2) is 7.11 Å². The van der Waals surface area contributed by atoms with Crippen molar-refractivity contribution < 1.29 is 9.47 Å². The molecule has 0 saturated carbocycles. The van der Waals surface area contributed by atoms with Crippen molar-refractivity contribution in [3.63, 3.8) is 0 Å². The van der Waals surface area contributed by atoms with E-state index in [0.29, 0.717) is 13.2 Å². The molecule has 18 heavy (non-hydrogen) atoms. The predicted octanol–water partition coefficient (Wildman–Crippen LogP) is 3.56. The van der Waals surface area contributed by atoms with Gasteiger partial charge >= 0.3 is 0 Å². The first-order chi connectivity index (χ1) is 8.74. The minimum absolute atomic E-state index is 0.489. The summed E-state index contributed by atoms with van der Waals surface area (Å²) in [6.45, 7) is 1.01. The highest BCUT2D eigenvalue weighted by atomic mass is 79.9. The fourth-order valence-electron chi connectivity index (χ4n) is 1.53. The van der Waals surface area contributed by atoms with Crippen molar-refractivity contribution in [2.45, 2.75) is 13.2 Å². The Balaban J connectivity index is 2.14. The second kappa shape index (κ2) is 6.22. The number of ether oxygens (including phenoxy) is 2. The Labute approximate surface area is 119 Å². The molecular formula is C13H14BrNO2S. The van der Waals surface area contributed by atoms with Crippen molar-refractivity contribution in [2.24, 2.45) is 5.73 Å². The number of methoxy groups -OCH3 is 1. The van der Waals surface area contributed by atoms with Crippen molar-refractivity contribution in [3.8, 4) is 11.5 Å². The molecule has 1 heterocycles. The molecule has 2 rings (SSSR count). The van der Waals surface area contributed by atoms with Gasteiger partial charge in [0.15, 0.2) is 11.5 Å². The molecule has 1 aromatic carbocycles. The molecule has 2 N–H and O–H groups in total. The van der Waals surface area contributed by atoms with E-state index < -0.39 is 0 Å². The molecule has 0 spiro atoms. The van der Waals surface area contributed by atoms with Crippen LogP contribution in [0.2, 0.25) is 0 Å². The van der Waals surface area contributed by atoms with E-state index in [1.807, 2.05) is 29.6 Å². The van der Waals surface area contributed by atoms with Gasteiger partial charge in [-0.15, -0.1) is 11.3 Å². The van der Waals surface area contributed by atoms with Gasteiger partial charge in [-0.3, -0.25) is 0 Å². The number of rotatable bonds is 5. The van der Waals surface area contributed by atoms with Gasteiger partial charge in [-0.25, -0.2) is 0 Å². The van der Waals surface area contributed by atoms with Crippen LogP contribution in [0, 0.1) is 0 Å². The molecule has 0 aliphatic carbocycles. The van der Waals surface area contributed by atoms with Crippen LogP contribution in [0.4, 0.5) is 0 Å². The third kappa shape index (κ3) is 3.04. The average molecular weight is 328 g/mol. The van der Waals surface area contributed by atoms with E-state index in [2.05, 4.69) is 15.9 Å². The van der Waals surface area contributed by atoms with Crippen molar-refractivity contribution in [1.82, 2.24) is 0 Å². The molecular weight excluding hydrogens is 314 g/mol. The topological polar surface area (TPSA) is 44.5 Å². The molecule has 0 atom stereocenters. The van der Waals surface area contributed by atoms with E-state index in [1.54, 1.807) is 18.4 Å². The molecule has 0 saturated heterocycles. The first-order valence-corrected chi connectivity index (χ1v) is 7.13. The van der Waals surface area contributed by atoms with Gasteiger partial charge in [0.1, 0.15) is 6.61 Å². The lowest BCUT2D eigenvalue weighted by Crippen LogP contribution is -2.00. The smallest absolute Gasteiger partial charge is 0.162 e. The molecule has 1 aromatic heterocycles. The zero-order chi connectivity index (χ0) is 13.0. The summed E-state index contributed by atoms with van der Waals surface area (Å²) in [5.74, 6) is 1.45. The Kier molecular flexibility index (Phi) is 4.63. The van der Waals surface area contributed by atoms with Crippen LogP contribution >= 0.6 is 27.3 Å². The largest absolute Gasteiger partial charge is 0.493 e. The van der Waals surface area contributed by atoms with Crippen LogP contribution in [0.25, 0.3) is 0 Å². The number of benzene rings is 1. The monoisotopic (exact) mass is 327 g/mol. The molecule has 0 aliphatic rings. The van der Waals surface area contributed by atoms with Gasteiger partial charge in [-0.2, -0.15) is 0 Å². The molecule has 96 valence electrons. The molecule has 5 heteroatoms. The van der Waals surface area contributed by atoms with Crippen molar-refractivity contribution in [1.29, 1.82) is 0 Å². The van der Waals surface area contributed by atoms with Crippen molar-refractivity contribution >= 4 is 27.3 Å². The number of nitrogens with two attached hydrogens (primary N) is 1. The minimum Gasteiger partial charge on any atom is -0.493 e. The Morgan fingerprint density at radius 1 is 1.28 bits per heavy atom. The highest BCUT2D eigenvalue weighted by molar-refractivity contribution is 9.10. The fourth-order valence-corrected chi connectivity index (χ4v) is 2.91. The van der Waals surface area contributed by atoms with Crippen molar-refractivity contribution in [2.75, 3.05) is 7.11 Å². The molecule has 2 aromatic rings. The normalized spacial score (nSPS) is 10.4. The lowest BCUT2D eigenvalue weighted by atomic mass is 10.2. The summed E-state index contributed by atoms with van der Waals surface area (Å²) in [4.78, 5) is 1.15. The standard InChI is InChI=1S/C13H14BrNO2S/c1-16-11-3-2-9(7-15)6-12(11)17-8-13-10(14)4-5-18-13/h2-6H,7-8,15H2,1H3. The number of hydrogen-bond donors (Lipinski definition) is 1. The molecule has 0 aliphatic heterocycles. The van der Waals surface area contributed by atoms with Gasteiger partial charge in [-0.05, 0) is 45.1 Å². The summed E-state index contributed by atoms with van der Waals surface area (Å²) in [7, 11) is 1.63. The van der Waals surface area contributed by atoms with Crippen molar-refractivity contribution in [3.05, 3.63) is 44.6 Å². The number of hydrogen-bond acceptors (Lipinski definition) is 4. The van der Waals surface area contributed by atoms with Crippen LogP contribution in [0.3, 0.4) is 0 Å². The first kappa shape index (κ1) is 13.4. The van der Waals surface area contributed by atoms with Gasteiger partial charge in [0.2, 0.25) is 0 Å². The molecule has 0 unspecified atom stereocenters. The van der Waals surface area contributed by atoms with Gasteiger partial charge in [-0.1, -0.05) is 6.07 Å². The summed E-state index contributed by atoms with van der Waals surface area (Å²) < 4.78 is 12.1. The summed E-state index contributed by atoms with van der Waals surface area (Å²) in [6.07, 6.45) is 0. The maximum Gasteiger partial charge on any atom is 0.162 e. The Morgan fingerprint density at radius 2 is 2.11 bits per heavy atom. The van der Waals surface area contributed by atoms with Crippen LogP contribution in [0.15, 0.2) is 34.1 Å². The molecule has 0 bridgehead atoms. The summed E-state index contributed by atoms with van der Waals surface area (Å²) in [5.41, 5.74) is 6.65. The second-order valence-corrected chi connectivity index (χ2v) is 5.52. The van der Waals surface area contributed by atoms with Crippen LogP contribution < -0.4 is 15.2 Å². The molecule has 0 fully saturated rings. The Hall–Kier alpha value is -1.04. The van der Waals surface area contributed by atoms with Gasteiger partial charge < -0.3 is 15.2 Å². The first-order valence-electron chi connectivity index (χ1n) is 5.46. The second-order valence-electron chi connectivity index (χ2n) is 3.67. The molecule has 0 radical (unpaired) electrons. The summed E-state index contributed by atoms with van der Waals surface area (Å²) in [6, 6.07) is 7.74. The van der Waals surface area contributed by atoms with Crippen LogP contribution in [-0.2, 0) is 13.2 Å². The zero-order valence-electron chi connectivity index (χ0n) is 9.98. The predicted molar refractivity (Wildman–Crippen MR) is 77.2 cm³/mol.